The van der Waals surface area contributed by atoms with Crippen molar-refractivity contribution in [1.29, 1.82) is 0 Å². The van der Waals surface area contributed by atoms with E-state index >= 15 is 0 Å². The van der Waals surface area contributed by atoms with Crippen molar-refractivity contribution in [3.8, 4) is 0 Å². The van der Waals surface area contributed by atoms with Crippen molar-refractivity contribution in [2.75, 3.05) is 24.7 Å². The fourth-order valence-electron chi connectivity index (χ4n) is 1.95. The minimum absolute atomic E-state index is 0.0320. The second-order valence-corrected chi connectivity index (χ2v) is 5.88. The number of nitrogens with one attached hydrogen (secondary N) is 1. The van der Waals surface area contributed by atoms with Crippen LogP contribution in [0, 0.1) is 0 Å². The van der Waals surface area contributed by atoms with Crippen LogP contribution in [-0.4, -0.2) is 40.8 Å². The molecular weight excluding hydrogens is 290 g/mol. The molecule has 2 aromatic rings. The van der Waals surface area contributed by atoms with Gasteiger partial charge in [-0.1, -0.05) is 6.07 Å². The highest BCUT2D eigenvalue weighted by Gasteiger charge is 2.10. The molecule has 5 nitrogen and oxygen atoms in total. The van der Waals surface area contributed by atoms with E-state index in [1.54, 1.807) is 12.1 Å². The highest BCUT2D eigenvalue weighted by atomic mass is 32.2. The van der Waals surface area contributed by atoms with E-state index in [4.69, 9.17) is 14.6 Å². The lowest BCUT2D eigenvalue weighted by atomic mass is 10.1. The summed E-state index contributed by atoms with van der Waals surface area (Å²) in [6.07, 6.45) is 0.841. The first kappa shape index (κ1) is 15.9. The molecule has 2 rings (SSSR count). The van der Waals surface area contributed by atoms with Crippen LogP contribution in [0.3, 0.4) is 0 Å². The predicted molar refractivity (Wildman–Crippen MR) is 83.9 cm³/mol. The Kier molecular flexibility index (Phi) is 6.10. The molecule has 0 spiro atoms. The van der Waals surface area contributed by atoms with Gasteiger partial charge in [0.2, 0.25) is 5.76 Å². The third-order valence-electron chi connectivity index (χ3n) is 2.99. The third-order valence-corrected chi connectivity index (χ3v) is 4.06. The van der Waals surface area contributed by atoms with Gasteiger partial charge in [-0.2, -0.15) is 11.8 Å². The Morgan fingerprint density at radius 3 is 2.90 bits per heavy atom. The molecule has 6 heteroatoms. The van der Waals surface area contributed by atoms with Gasteiger partial charge in [-0.3, -0.25) is 0 Å². The van der Waals surface area contributed by atoms with Crippen LogP contribution >= 0.6 is 11.8 Å². The molecule has 0 aliphatic rings. The number of carbonyl (C=O) groups is 1. The number of aromatic carboxylic acids is 1. The fraction of sp³-hybridized carbons (Fsp3) is 0.400. The van der Waals surface area contributed by atoms with E-state index in [1.165, 1.54) is 0 Å². The van der Waals surface area contributed by atoms with E-state index in [9.17, 15) is 4.79 Å². The standard InChI is InChI=1S/C15H19NO4S/c17-5-1-6-21-7-4-16-10-11-2-3-13-12(8-11)9-14(20-13)15(18)19/h2-3,8-9,16-17H,1,4-7,10H2,(H,18,19). The number of carboxylic acids is 1. The lowest BCUT2D eigenvalue weighted by molar-refractivity contribution is 0.0665. The summed E-state index contributed by atoms with van der Waals surface area (Å²) in [7, 11) is 0. The van der Waals surface area contributed by atoms with Crippen molar-refractivity contribution in [2.45, 2.75) is 13.0 Å². The molecule has 0 saturated carbocycles. The molecular formula is C15H19NO4S. The topological polar surface area (TPSA) is 82.7 Å². The molecule has 1 heterocycles. The van der Waals surface area contributed by atoms with Gasteiger partial charge in [0.05, 0.1) is 0 Å². The molecule has 0 radical (unpaired) electrons. The van der Waals surface area contributed by atoms with E-state index < -0.39 is 5.97 Å². The normalized spacial score (nSPS) is 11.1. The lowest BCUT2D eigenvalue weighted by Gasteiger charge is -2.04. The van der Waals surface area contributed by atoms with Crippen molar-refractivity contribution in [2.24, 2.45) is 0 Å². The molecule has 0 saturated heterocycles. The van der Waals surface area contributed by atoms with Gasteiger partial charge in [0.1, 0.15) is 5.58 Å². The average Bonchev–Trinajstić information content (AvgIpc) is 2.90. The molecule has 0 amide bonds. The molecule has 0 aliphatic carbocycles. The first-order valence-electron chi connectivity index (χ1n) is 6.86. The largest absolute Gasteiger partial charge is 0.475 e. The highest BCUT2D eigenvalue weighted by molar-refractivity contribution is 7.99. The van der Waals surface area contributed by atoms with E-state index in [2.05, 4.69) is 5.32 Å². The summed E-state index contributed by atoms with van der Waals surface area (Å²) in [5.74, 6) is 0.912. The van der Waals surface area contributed by atoms with E-state index in [1.807, 2.05) is 23.9 Å². The first-order valence-corrected chi connectivity index (χ1v) is 8.01. The molecule has 1 aromatic heterocycles. The van der Waals surface area contributed by atoms with Gasteiger partial charge in [0, 0.05) is 30.8 Å². The zero-order valence-electron chi connectivity index (χ0n) is 11.7. The monoisotopic (exact) mass is 309 g/mol. The number of aliphatic hydroxyl groups excluding tert-OH is 1. The van der Waals surface area contributed by atoms with Crippen molar-refractivity contribution in [1.82, 2.24) is 5.32 Å². The van der Waals surface area contributed by atoms with Crippen LogP contribution < -0.4 is 5.32 Å². The Balaban J connectivity index is 1.81. The average molecular weight is 309 g/mol. The zero-order chi connectivity index (χ0) is 15.1. The summed E-state index contributed by atoms with van der Waals surface area (Å²) in [4.78, 5) is 10.9. The number of rotatable bonds is 9. The van der Waals surface area contributed by atoms with Crippen LogP contribution in [-0.2, 0) is 6.54 Å². The third kappa shape index (κ3) is 4.77. The Bertz CT molecular complexity index is 596. The molecule has 0 unspecified atom stereocenters. The van der Waals surface area contributed by atoms with Crippen LogP contribution in [0.1, 0.15) is 22.5 Å². The van der Waals surface area contributed by atoms with Gasteiger partial charge in [-0.25, -0.2) is 4.79 Å². The molecule has 114 valence electrons. The van der Waals surface area contributed by atoms with E-state index in [0.29, 0.717) is 5.58 Å². The number of carboxylic acid groups (broad SMARTS) is 1. The number of aliphatic hydroxyl groups is 1. The Morgan fingerprint density at radius 1 is 1.29 bits per heavy atom. The van der Waals surface area contributed by atoms with Crippen LogP contribution in [0.2, 0.25) is 0 Å². The fourth-order valence-corrected chi connectivity index (χ4v) is 2.78. The smallest absolute Gasteiger partial charge is 0.371 e. The van der Waals surface area contributed by atoms with Gasteiger partial charge >= 0.3 is 5.97 Å². The van der Waals surface area contributed by atoms with Gasteiger partial charge in [-0.15, -0.1) is 0 Å². The van der Waals surface area contributed by atoms with Gasteiger partial charge in [0.25, 0.3) is 0 Å². The molecule has 0 aliphatic heterocycles. The summed E-state index contributed by atoms with van der Waals surface area (Å²) in [6.45, 7) is 1.90. The number of thioether (sulfide) groups is 1. The van der Waals surface area contributed by atoms with Crippen molar-refractivity contribution in [3.63, 3.8) is 0 Å². The Morgan fingerprint density at radius 2 is 2.14 bits per heavy atom. The summed E-state index contributed by atoms with van der Waals surface area (Å²) in [5.41, 5.74) is 1.69. The maximum absolute atomic E-state index is 10.9. The summed E-state index contributed by atoms with van der Waals surface area (Å²) < 4.78 is 5.22. The van der Waals surface area contributed by atoms with Gasteiger partial charge in [0.15, 0.2) is 0 Å². The molecule has 0 bridgehead atoms. The number of hydrogen-bond acceptors (Lipinski definition) is 5. The molecule has 21 heavy (non-hydrogen) atoms. The summed E-state index contributed by atoms with van der Waals surface area (Å²) in [5, 5.41) is 21.7. The van der Waals surface area contributed by atoms with E-state index in [-0.39, 0.29) is 12.4 Å². The lowest BCUT2D eigenvalue weighted by Crippen LogP contribution is -2.16. The predicted octanol–water partition coefficient (Wildman–Crippen LogP) is 2.34. The number of fused-ring (bicyclic) bond motifs is 1. The number of benzene rings is 1. The SMILES string of the molecule is O=C(O)c1cc2cc(CNCCSCCCO)ccc2o1. The number of hydrogen-bond donors (Lipinski definition) is 3. The maximum atomic E-state index is 10.9. The summed E-state index contributed by atoms with van der Waals surface area (Å²) >= 11 is 1.82. The molecule has 1 aromatic carbocycles. The molecule has 0 atom stereocenters. The second-order valence-electron chi connectivity index (χ2n) is 4.65. The van der Waals surface area contributed by atoms with Gasteiger partial charge < -0.3 is 19.9 Å². The quantitative estimate of drug-likeness (QED) is 0.617. The zero-order valence-corrected chi connectivity index (χ0v) is 12.5. The van der Waals surface area contributed by atoms with Crippen LogP contribution in [0.15, 0.2) is 28.7 Å². The number of furan rings is 1. The van der Waals surface area contributed by atoms with Gasteiger partial charge in [-0.05, 0) is 35.9 Å². The minimum Gasteiger partial charge on any atom is -0.475 e. The van der Waals surface area contributed by atoms with E-state index in [0.717, 1.165) is 42.0 Å². The van der Waals surface area contributed by atoms with Crippen LogP contribution in [0.4, 0.5) is 0 Å². The molecule has 0 fully saturated rings. The molecule has 3 N–H and O–H groups in total. The Labute approximate surface area is 127 Å². The van der Waals surface area contributed by atoms with Crippen molar-refractivity contribution < 1.29 is 19.4 Å². The minimum atomic E-state index is -1.05. The highest BCUT2D eigenvalue weighted by Crippen LogP contribution is 2.20. The van der Waals surface area contributed by atoms with Crippen LogP contribution in [0.5, 0.6) is 0 Å². The van der Waals surface area contributed by atoms with Crippen LogP contribution in [0.25, 0.3) is 11.0 Å². The maximum Gasteiger partial charge on any atom is 0.371 e. The van der Waals surface area contributed by atoms with Crippen molar-refractivity contribution in [3.05, 3.63) is 35.6 Å². The first-order chi connectivity index (χ1) is 10.2. The Hall–Kier alpha value is -1.50. The summed E-state index contributed by atoms with van der Waals surface area (Å²) in [6, 6.07) is 7.22. The van der Waals surface area contributed by atoms with Crippen molar-refractivity contribution >= 4 is 28.7 Å². The second kappa shape index (κ2) is 8.07.